The van der Waals surface area contributed by atoms with Gasteiger partial charge in [0.05, 0.1) is 25.9 Å². The highest BCUT2D eigenvalue weighted by Crippen LogP contribution is 2.33. The van der Waals surface area contributed by atoms with Crippen LogP contribution in [0, 0.1) is 5.92 Å². The van der Waals surface area contributed by atoms with Gasteiger partial charge in [-0.2, -0.15) is 13.2 Å². The summed E-state index contributed by atoms with van der Waals surface area (Å²) in [6.07, 6.45) is -4.47. The lowest BCUT2D eigenvalue weighted by molar-refractivity contribution is -0.201. The number of hydrogen-bond donors (Lipinski definition) is 0. The SMILES string of the molecule is C[C@@H]1[C@@H](OCc2ccccc2)[C@H](OCc2ccccc2)[C@@H](OCc2ccccc2)CN1CC1CCN(c2cccc(C(F)(F)F)n2)C1. The zero-order chi connectivity index (χ0) is 32.6. The van der Waals surface area contributed by atoms with Crippen LogP contribution in [0.1, 0.15) is 35.7 Å². The predicted octanol–water partition coefficient (Wildman–Crippen LogP) is 7.39. The van der Waals surface area contributed by atoms with Gasteiger partial charge in [-0.25, -0.2) is 4.98 Å². The largest absolute Gasteiger partial charge is 0.433 e. The highest BCUT2D eigenvalue weighted by molar-refractivity contribution is 5.41. The molecule has 0 amide bonds. The van der Waals surface area contributed by atoms with Gasteiger partial charge in [-0.1, -0.05) is 97.1 Å². The molecule has 248 valence electrons. The van der Waals surface area contributed by atoms with Crippen LogP contribution in [0.4, 0.5) is 19.0 Å². The summed E-state index contributed by atoms with van der Waals surface area (Å²) >= 11 is 0. The minimum absolute atomic E-state index is 0.0109. The number of rotatable bonds is 12. The van der Waals surface area contributed by atoms with Gasteiger partial charge in [-0.05, 0) is 48.1 Å². The van der Waals surface area contributed by atoms with Crippen molar-refractivity contribution in [3.63, 3.8) is 0 Å². The molecule has 2 aliphatic rings. The van der Waals surface area contributed by atoms with E-state index < -0.39 is 11.9 Å². The fraction of sp³-hybridized carbons (Fsp3) is 0.395. The molecule has 0 bridgehead atoms. The maximum Gasteiger partial charge on any atom is 0.433 e. The van der Waals surface area contributed by atoms with Crippen LogP contribution in [-0.2, 0) is 40.2 Å². The van der Waals surface area contributed by atoms with Crippen molar-refractivity contribution in [2.24, 2.45) is 5.92 Å². The third-order valence-corrected chi connectivity index (χ3v) is 9.16. The second kappa shape index (κ2) is 15.4. The van der Waals surface area contributed by atoms with Gasteiger partial charge in [0, 0.05) is 32.2 Å². The van der Waals surface area contributed by atoms with E-state index in [2.05, 4.69) is 53.2 Å². The molecule has 1 unspecified atom stereocenters. The lowest BCUT2D eigenvalue weighted by Crippen LogP contribution is -2.63. The molecular weight excluding hydrogens is 603 g/mol. The molecule has 0 aliphatic carbocycles. The van der Waals surface area contributed by atoms with Crippen LogP contribution < -0.4 is 4.90 Å². The van der Waals surface area contributed by atoms with Crippen LogP contribution in [0.25, 0.3) is 0 Å². The number of pyridine rings is 1. The molecule has 9 heteroatoms. The summed E-state index contributed by atoms with van der Waals surface area (Å²) < 4.78 is 60.1. The summed E-state index contributed by atoms with van der Waals surface area (Å²) in [5.41, 5.74) is 2.39. The number of nitrogens with zero attached hydrogens (tertiary/aromatic N) is 3. The fourth-order valence-electron chi connectivity index (χ4n) is 6.61. The summed E-state index contributed by atoms with van der Waals surface area (Å²) in [6, 6.07) is 34.5. The van der Waals surface area contributed by atoms with Gasteiger partial charge in [-0.3, -0.25) is 4.90 Å². The van der Waals surface area contributed by atoms with Gasteiger partial charge in [0.25, 0.3) is 0 Å². The number of halogens is 3. The van der Waals surface area contributed by atoms with Gasteiger partial charge >= 0.3 is 6.18 Å². The maximum atomic E-state index is 13.4. The average molecular weight is 646 g/mol. The number of alkyl halides is 3. The zero-order valence-electron chi connectivity index (χ0n) is 26.6. The molecule has 6 nitrogen and oxygen atoms in total. The first-order chi connectivity index (χ1) is 22.8. The standard InChI is InChI=1S/C38H42F3N3O3/c1-28-36(46-26-30-14-7-3-8-15-30)37(47-27-31-16-9-4-10-17-31)33(45-25-29-12-5-2-6-13-29)24-44(28)23-32-20-21-43(22-32)35-19-11-18-34(42-35)38(39,40)41/h2-19,28,32-33,36-37H,20-27H2,1H3/t28-,32?,33+,36-,37-/m1/s1. The van der Waals surface area contributed by atoms with Crippen molar-refractivity contribution in [3.05, 3.63) is 132 Å². The molecule has 0 spiro atoms. The third-order valence-electron chi connectivity index (χ3n) is 9.16. The molecule has 2 aliphatic heterocycles. The quantitative estimate of drug-likeness (QED) is 0.160. The minimum Gasteiger partial charge on any atom is -0.369 e. The Morgan fingerprint density at radius 3 is 1.81 bits per heavy atom. The first-order valence-electron chi connectivity index (χ1n) is 16.3. The first kappa shape index (κ1) is 33.2. The molecule has 47 heavy (non-hydrogen) atoms. The van der Waals surface area contributed by atoms with Crippen molar-refractivity contribution >= 4 is 5.82 Å². The van der Waals surface area contributed by atoms with E-state index in [0.717, 1.165) is 35.7 Å². The maximum absolute atomic E-state index is 13.4. The molecule has 2 saturated heterocycles. The molecule has 2 fully saturated rings. The number of aromatic nitrogens is 1. The fourth-order valence-corrected chi connectivity index (χ4v) is 6.61. The van der Waals surface area contributed by atoms with Crippen molar-refractivity contribution < 1.29 is 27.4 Å². The molecular formula is C38H42F3N3O3. The normalized spacial score (nSPS) is 23.7. The third kappa shape index (κ3) is 8.78. The van der Waals surface area contributed by atoms with Gasteiger partial charge < -0.3 is 19.1 Å². The topological polar surface area (TPSA) is 47.1 Å². The molecule has 4 aromatic rings. The van der Waals surface area contributed by atoms with E-state index in [1.54, 1.807) is 6.07 Å². The smallest absolute Gasteiger partial charge is 0.369 e. The van der Waals surface area contributed by atoms with Gasteiger partial charge in [-0.15, -0.1) is 0 Å². The summed E-state index contributed by atoms with van der Waals surface area (Å²) in [7, 11) is 0. The van der Waals surface area contributed by atoms with Crippen molar-refractivity contribution in [2.75, 3.05) is 31.1 Å². The summed E-state index contributed by atoms with van der Waals surface area (Å²) in [5, 5.41) is 0. The number of ether oxygens (including phenoxy) is 3. The highest BCUT2D eigenvalue weighted by atomic mass is 19.4. The highest BCUT2D eigenvalue weighted by Gasteiger charge is 2.45. The Bertz CT molecular complexity index is 1530. The lowest BCUT2D eigenvalue weighted by Gasteiger charge is -2.48. The number of hydrogen-bond acceptors (Lipinski definition) is 6. The predicted molar refractivity (Wildman–Crippen MR) is 176 cm³/mol. The number of likely N-dealkylation sites (tertiary alicyclic amines) is 1. The van der Waals surface area contributed by atoms with Crippen molar-refractivity contribution in [1.82, 2.24) is 9.88 Å². The Labute approximate surface area is 275 Å². The molecule has 3 aromatic carbocycles. The van der Waals surface area contributed by atoms with Crippen LogP contribution in [0.2, 0.25) is 0 Å². The first-order valence-corrected chi connectivity index (χ1v) is 16.3. The van der Waals surface area contributed by atoms with Gasteiger partial charge in [0.15, 0.2) is 0 Å². The number of piperidine rings is 1. The van der Waals surface area contributed by atoms with E-state index in [1.165, 1.54) is 6.07 Å². The van der Waals surface area contributed by atoms with E-state index in [1.807, 2.05) is 59.5 Å². The molecule has 0 saturated carbocycles. The second-order valence-electron chi connectivity index (χ2n) is 12.5. The second-order valence-corrected chi connectivity index (χ2v) is 12.5. The van der Waals surface area contributed by atoms with Crippen LogP contribution in [0.5, 0.6) is 0 Å². The monoisotopic (exact) mass is 645 g/mol. The van der Waals surface area contributed by atoms with Crippen LogP contribution in [0.3, 0.4) is 0 Å². The van der Waals surface area contributed by atoms with E-state index in [9.17, 15) is 13.2 Å². The molecule has 0 radical (unpaired) electrons. The zero-order valence-corrected chi connectivity index (χ0v) is 26.6. The van der Waals surface area contributed by atoms with E-state index in [4.69, 9.17) is 14.2 Å². The number of anilines is 1. The molecule has 5 atom stereocenters. The summed E-state index contributed by atoms with van der Waals surface area (Å²) in [6.45, 7) is 6.22. The lowest BCUT2D eigenvalue weighted by atomic mass is 9.92. The Balaban J connectivity index is 1.21. The summed E-state index contributed by atoms with van der Waals surface area (Å²) in [4.78, 5) is 8.32. The van der Waals surface area contributed by atoms with Gasteiger partial charge in [0.1, 0.15) is 23.7 Å². The van der Waals surface area contributed by atoms with E-state index >= 15 is 0 Å². The molecule has 3 heterocycles. The van der Waals surface area contributed by atoms with Crippen molar-refractivity contribution in [2.45, 2.75) is 63.7 Å². The van der Waals surface area contributed by atoms with Crippen LogP contribution >= 0.6 is 0 Å². The Hall–Kier alpha value is -3.76. The minimum atomic E-state index is -4.47. The van der Waals surface area contributed by atoms with E-state index in [-0.39, 0.29) is 30.3 Å². The average Bonchev–Trinajstić information content (AvgIpc) is 3.57. The Kier molecular flexibility index (Phi) is 10.9. The van der Waals surface area contributed by atoms with E-state index in [0.29, 0.717) is 45.3 Å². The molecule has 1 aromatic heterocycles. The van der Waals surface area contributed by atoms with Crippen molar-refractivity contribution in [1.29, 1.82) is 0 Å². The van der Waals surface area contributed by atoms with Crippen molar-refractivity contribution in [3.8, 4) is 0 Å². The summed E-state index contributed by atoms with van der Waals surface area (Å²) in [5.74, 6) is 0.622. The number of benzene rings is 3. The molecule has 6 rings (SSSR count). The Morgan fingerprint density at radius 2 is 1.23 bits per heavy atom. The molecule has 0 N–H and O–H groups in total. The van der Waals surface area contributed by atoms with Gasteiger partial charge in [0.2, 0.25) is 0 Å². The van der Waals surface area contributed by atoms with Crippen LogP contribution in [-0.4, -0.2) is 60.4 Å². The Morgan fingerprint density at radius 1 is 0.681 bits per heavy atom. The van der Waals surface area contributed by atoms with Crippen LogP contribution in [0.15, 0.2) is 109 Å².